The molecule has 1 aromatic heterocycles. The Balaban J connectivity index is 1.57. The van der Waals surface area contributed by atoms with Gasteiger partial charge in [0.1, 0.15) is 0 Å². The monoisotopic (exact) mass is 346 g/mol. The number of nitrogens with zero attached hydrogens (tertiary/aromatic N) is 1. The molecule has 0 amide bonds. The number of aromatic nitrogens is 1. The molecule has 132 valence electrons. The van der Waals surface area contributed by atoms with Crippen molar-refractivity contribution in [2.75, 3.05) is 11.9 Å². The SMILES string of the molecule is CCCCCC(Cl)CCCCCCNc1ccnc2ccccc12. The highest BCUT2D eigenvalue weighted by Crippen LogP contribution is 2.21. The molecule has 0 saturated heterocycles. The van der Waals surface area contributed by atoms with Crippen LogP contribution in [0.5, 0.6) is 0 Å². The molecule has 0 radical (unpaired) electrons. The van der Waals surface area contributed by atoms with Crippen molar-refractivity contribution >= 4 is 28.2 Å². The molecule has 0 bridgehead atoms. The van der Waals surface area contributed by atoms with Crippen molar-refractivity contribution in [3.63, 3.8) is 0 Å². The first-order chi connectivity index (χ1) is 11.8. The van der Waals surface area contributed by atoms with Gasteiger partial charge in [0.05, 0.1) is 5.52 Å². The van der Waals surface area contributed by atoms with E-state index in [0.717, 1.165) is 12.1 Å². The number of pyridine rings is 1. The number of halogens is 1. The van der Waals surface area contributed by atoms with E-state index in [1.54, 1.807) is 0 Å². The van der Waals surface area contributed by atoms with Crippen molar-refractivity contribution in [3.8, 4) is 0 Å². The first-order valence-corrected chi connectivity index (χ1v) is 9.96. The molecule has 1 aromatic carbocycles. The van der Waals surface area contributed by atoms with E-state index in [0.29, 0.717) is 5.38 Å². The van der Waals surface area contributed by atoms with Crippen LogP contribution in [-0.2, 0) is 0 Å². The maximum Gasteiger partial charge on any atom is 0.0722 e. The van der Waals surface area contributed by atoms with Gasteiger partial charge in [0.15, 0.2) is 0 Å². The van der Waals surface area contributed by atoms with Gasteiger partial charge in [0.25, 0.3) is 0 Å². The number of rotatable bonds is 12. The smallest absolute Gasteiger partial charge is 0.0722 e. The normalized spacial score (nSPS) is 12.4. The number of benzene rings is 1. The van der Waals surface area contributed by atoms with Crippen LogP contribution in [0.3, 0.4) is 0 Å². The van der Waals surface area contributed by atoms with E-state index in [-0.39, 0.29) is 0 Å². The largest absolute Gasteiger partial charge is 0.384 e. The molecule has 1 unspecified atom stereocenters. The Morgan fingerprint density at radius 3 is 2.54 bits per heavy atom. The average Bonchev–Trinajstić information content (AvgIpc) is 2.61. The van der Waals surface area contributed by atoms with Crippen molar-refractivity contribution < 1.29 is 0 Å². The molecule has 2 nitrogen and oxygen atoms in total. The molecule has 0 fully saturated rings. The summed E-state index contributed by atoms with van der Waals surface area (Å²) < 4.78 is 0. The molecule has 24 heavy (non-hydrogen) atoms. The minimum Gasteiger partial charge on any atom is -0.384 e. The quantitative estimate of drug-likeness (QED) is 0.338. The lowest BCUT2D eigenvalue weighted by Crippen LogP contribution is -2.03. The van der Waals surface area contributed by atoms with Crippen molar-refractivity contribution in [3.05, 3.63) is 36.5 Å². The van der Waals surface area contributed by atoms with Gasteiger partial charge in [-0.2, -0.15) is 0 Å². The van der Waals surface area contributed by atoms with Crippen molar-refractivity contribution in [1.82, 2.24) is 4.98 Å². The molecule has 2 rings (SSSR count). The Hall–Kier alpha value is -1.28. The molecule has 1 atom stereocenters. The highest BCUT2D eigenvalue weighted by Gasteiger charge is 2.04. The number of para-hydroxylation sites is 1. The summed E-state index contributed by atoms with van der Waals surface area (Å²) in [6.45, 7) is 3.26. The lowest BCUT2D eigenvalue weighted by Gasteiger charge is -2.10. The van der Waals surface area contributed by atoms with E-state index in [1.165, 1.54) is 68.9 Å². The zero-order valence-corrected chi connectivity index (χ0v) is 15.7. The van der Waals surface area contributed by atoms with Gasteiger partial charge in [-0.3, -0.25) is 4.98 Å². The van der Waals surface area contributed by atoms with E-state index >= 15 is 0 Å². The maximum atomic E-state index is 6.37. The lowest BCUT2D eigenvalue weighted by molar-refractivity contribution is 0.565. The minimum atomic E-state index is 0.387. The van der Waals surface area contributed by atoms with E-state index in [9.17, 15) is 0 Å². The average molecular weight is 347 g/mol. The summed E-state index contributed by atoms with van der Waals surface area (Å²) in [5.74, 6) is 0. The summed E-state index contributed by atoms with van der Waals surface area (Å²) in [5.41, 5.74) is 2.25. The first kappa shape index (κ1) is 19.1. The summed E-state index contributed by atoms with van der Waals surface area (Å²) in [6.07, 6.45) is 13.2. The van der Waals surface area contributed by atoms with Crippen molar-refractivity contribution in [1.29, 1.82) is 0 Å². The summed E-state index contributed by atoms with van der Waals surface area (Å²) in [6, 6.07) is 10.4. The number of unbranched alkanes of at least 4 members (excludes halogenated alkanes) is 5. The number of alkyl halides is 1. The topological polar surface area (TPSA) is 24.9 Å². The van der Waals surface area contributed by atoms with Crippen molar-refractivity contribution in [2.24, 2.45) is 0 Å². The van der Waals surface area contributed by atoms with Crippen LogP contribution in [0.15, 0.2) is 36.5 Å². The van der Waals surface area contributed by atoms with Crippen LogP contribution in [0.25, 0.3) is 10.9 Å². The molecule has 3 heteroatoms. The van der Waals surface area contributed by atoms with Crippen LogP contribution in [0.1, 0.15) is 64.7 Å². The number of hydrogen-bond acceptors (Lipinski definition) is 2. The van der Waals surface area contributed by atoms with Gasteiger partial charge < -0.3 is 5.32 Å². The summed E-state index contributed by atoms with van der Waals surface area (Å²) in [7, 11) is 0. The second-order valence-corrected chi connectivity index (χ2v) is 7.22. The van der Waals surface area contributed by atoms with Crippen LogP contribution >= 0.6 is 11.6 Å². The standard InChI is InChI=1S/C21H31ClN2/c1-2-3-6-11-18(22)12-7-4-5-10-16-23-21-15-17-24-20-14-9-8-13-19(20)21/h8-9,13-15,17-18H,2-7,10-12,16H2,1H3,(H,23,24). The predicted molar refractivity (Wildman–Crippen MR) is 107 cm³/mol. The first-order valence-electron chi connectivity index (χ1n) is 9.53. The minimum absolute atomic E-state index is 0.387. The Morgan fingerprint density at radius 2 is 1.71 bits per heavy atom. The van der Waals surface area contributed by atoms with Crippen LogP contribution in [-0.4, -0.2) is 16.9 Å². The number of hydrogen-bond donors (Lipinski definition) is 1. The van der Waals surface area contributed by atoms with Crippen LogP contribution < -0.4 is 5.32 Å². The Bertz CT molecular complexity index is 580. The third kappa shape index (κ3) is 6.68. The Kier molecular flexibility index (Phi) is 8.97. The van der Waals surface area contributed by atoms with Crippen LogP contribution in [0.4, 0.5) is 5.69 Å². The fourth-order valence-corrected chi connectivity index (χ4v) is 3.39. The van der Waals surface area contributed by atoms with E-state index in [2.05, 4.69) is 41.5 Å². The molecule has 1 N–H and O–H groups in total. The molecule has 2 aromatic rings. The second kappa shape index (κ2) is 11.3. The van der Waals surface area contributed by atoms with Crippen molar-refractivity contribution in [2.45, 2.75) is 70.1 Å². The van der Waals surface area contributed by atoms with Gasteiger partial charge in [0.2, 0.25) is 0 Å². The Morgan fingerprint density at radius 1 is 0.958 bits per heavy atom. The zero-order valence-electron chi connectivity index (χ0n) is 14.9. The molecular weight excluding hydrogens is 316 g/mol. The molecule has 0 aliphatic carbocycles. The summed E-state index contributed by atoms with van der Waals surface area (Å²) >= 11 is 6.37. The molecular formula is C21H31ClN2. The summed E-state index contributed by atoms with van der Waals surface area (Å²) in [4.78, 5) is 4.40. The highest BCUT2D eigenvalue weighted by atomic mass is 35.5. The maximum absolute atomic E-state index is 6.37. The number of anilines is 1. The molecule has 0 saturated carbocycles. The third-order valence-corrected chi connectivity index (χ3v) is 4.97. The van der Waals surface area contributed by atoms with E-state index in [4.69, 9.17) is 11.6 Å². The lowest BCUT2D eigenvalue weighted by atomic mass is 10.1. The van der Waals surface area contributed by atoms with Gasteiger partial charge >= 0.3 is 0 Å². The highest BCUT2D eigenvalue weighted by molar-refractivity contribution is 6.20. The third-order valence-electron chi connectivity index (χ3n) is 4.53. The Labute approximate surface area is 152 Å². The summed E-state index contributed by atoms with van der Waals surface area (Å²) in [5, 5.41) is 5.15. The van der Waals surface area contributed by atoms with E-state index in [1.807, 2.05) is 12.3 Å². The second-order valence-electron chi connectivity index (χ2n) is 6.60. The predicted octanol–water partition coefficient (Wildman–Crippen LogP) is 6.78. The molecule has 0 aliphatic rings. The molecule has 0 spiro atoms. The zero-order chi connectivity index (χ0) is 17.0. The van der Waals surface area contributed by atoms with E-state index < -0.39 is 0 Å². The number of fused-ring (bicyclic) bond motifs is 1. The number of nitrogens with one attached hydrogen (secondary N) is 1. The van der Waals surface area contributed by atoms with Gasteiger partial charge in [-0.25, -0.2) is 0 Å². The van der Waals surface area contributed by atoms with Gasteiger partial charge in [0, 0.05) is 29.2 Å². The molecule has 0 aliphatic heterocycles. The van der Waals surface area contributed by atoms with Crippen LogP contribution in [0.2, 0.25) is 0 Å². The van der Waals surface area contributed by atoms with Crippen LogP contribution in [0, 0.1) is 0 Å². The molecule has 1 heterocycles. The van der Waals surface area contributed by atoms with Gasteiger partial charge in [-0.15, -0.1) is 11.6 Å². The van der Waals surface area contributed by atoms with Gasteiger partial charge in [-0.05, 0) is 31.4 Å². The fraction of sp³-hybridized carbons (Fsp3) is 0.571. The van der Waals surface area contributed by atoms with Gasteiger partial charge in [-0.1, -0.05) is 63.6 Å². The fourth-order valence-electron chi connectivity index (χ4n) is 3.08.